The van der Waals surface area contributed by atoms with Crippen LogP contribution < -0.4 is 5.32 Å². The third-order valence-corrected chi connectivity index (χ3v) is 2.84. The number of aryl methyl sites for hydroxylation is 1. The van der Waals surface area contributed by atoms with Gasteiger partial charge in [-0.3, -0.25) is 14.9 Å². The summed E-state index contributed by atoms with van der Waals surface area (Å²) in [4.78, 5) is 20.9. The Balaban J connectivity index is 2.79. The number of anilines is 1. The normalized spacial score (nSPS) is 11.1. The van der Waals surface area contributed by atoms with E-state index in [1.54, 1.807) is 19.1 Å². The summed E-state index contributed by atoms with van der Waals surface area (Å²) < 4.78 is 0. The molecule has 0 radical (unpaired) electrons. The number of nitro groups is 1. The second-order valence-electron chi connectivity index (χ2n) is 5.16. The largest absolute Gasteiger partial charge is 0.481 e. The average Bonchev–Trinajstić information content (AvgIpc) is 2.25. The van der Waals surface area contributed by atoms with Gasteiger partial charge in [-0.05, 0) is 39.3 Å². The minimum Gasteiger partial charge on any atom is -0.481 e. The van der Waals surface area contributed by atoms with Crippen LogP contribution in [-0.4, -0.2) is 21.5 Å². The van der Waals surface area contributed by atoms with Gasteiger partial charge in [-0.25, -0.2) is 0 Å². The fourth-order valence-corrected chi connectivity index (χ4v) is 1.81. The van der Waals surface area contributed by atoms with Gasteiger partial charge in [0.1, 0.15) is 0 Å². The maximum atomic E-state index is 10.7. The summed E-state index contributed by atoms with van der Waals surface area (Å²) >= 11 is 0. The summed E-state index contributed by atoms with van der Waals surface area (Å²) in [5.41, 5.74) is 1.01. The SMILES string of the molecule is Cc1cc(NC(C)(C)CCC(=O)O)ccc1[N+](=O)[O-]. The van der Waals surface area contributed by atoms with E-state index in [1.807, 2.05) is 13.8 Å². The Morgan fingerprint density at radius 2 is 2.11 bits per heavy atom. The average molecular weight is 266 g/mol. The minimum atomic E-state index is -0.838. The molecule has 0 aliphatic carbocycles. The molecule has 0 atom stereocenters. The van der Waals surface area contributed by atoms with Gasteiger partial charge in [-0.15, -0.1) is 0 Å². The van der Waals surface area contributed by atoms with Crippen molar-refractivity contribution < 1.29 is 14.8 Å². The molecule has 0 heterocycles. The van der Waals surface area contributed by atoms with Crippen molar-refractivity contribution in [1.29, 1.82) is 0 Å². The monoisotopic (exact) mass is 266 g/mol. The lowest BCUT2D eigenvalue weighted by atomic mass is 9.97. The molecule has 0 saturated heterocycles. The summed E-state index contributed by atoms with van der Waals surface area (Å²) in [5, 5.41) is 22.6. The Bertz CT molecular complexity index is 497. The highest BCUT2D eigenvalue weighted by Gasteiger charge is 2.19. The van der Waals surface area contributed by atoms with Crippen LogP contribution in [0.3, 0.4) is 0 Å². The van der Waals surface area contributed by atoms with Crippen molar-refractivity contribution in [3.05, 3.63) is 33.9 Å². The van der Waals surface area contributed by atoms with Crippen molar-refractivity contribution in [2.45, 2.75) is 39.2 Å². The number of nitrogens with one attached hydrogen (secondary N) is 1. The molecule has 6 heteroatoms. The molecule has 0 aromatic heterocycles. The zero-order valence-corrected chi connectivity index (χ0v) is 11.3. The Morgan fingerprint density at radius 1 is 1.47 bits per heavy atom. The van der Waals surface area contributed by atoms with Gasteiger partial charge >= 0.3 is 5.97 Å². The third kappa shape index (κ3) is 4.57. The van der Waals surface area contributed by atoms with Crippen LogP contribution in [0.5, 0.6) is 0 Å². The first kappa shape index (κ1) is 14.9. The maximum Gasteiger partial charge on any atom is 0.303 e. The number of benzene rings is 1. The summed E-state index contributed by atoms with van der Waals surface area (Å²) in [5.74, 6) is -0.838. The molecule has 19 heavy (non-hydrogen) atoms. The van der Waals surface area contributed by atoms with Gasteiger partial charge < -0.3 is 10.4 Å². The Hall–Kier alpha value is -2.11. The van der Waals surface area contributed by atoms with Crippen LogP contribution in [0, 0.1) is 17.0 Å². The minimum absolute atomic E-state index is 0.0754. The van der Waals surface area contributed by atoms with Crippen LogP contribution in [-0.2, 0) is 4.79 Å². The van der Waals surface area contributed by atoms with E-state index in [1.165, 1.54) is 6.07 Å². The number of hydrogen-bond donors (Lipinski definition) is 2. The summed E-state index contributed by atoms with van der Waals surface area (Å²) in [6, 6.07) is 4.78. The van der Waals surface area contributed by atoms with Crippen LogP contribution in [0.15, 0.2) is 18.2 Å². The molecular formula is C13H18N2O4. The predicted molar refractivity (Wildman–Crippen MR) is 72.4 cm³/mol. The number of hydrogen-bond acceptors (Lipinski definition) is 4. The highest BCUT2D eigenvalue weighted by atomic mass is 16.6. The Labute approximate surface area is 111 Å². The zero-order chi connectivity index (χ0) is 14.6. The molecule has 0 fully saturated rings. The standard InChI is InChI=1S/C13H18N2O4/c1-9-8-10(4-5-11(9)15(18)19)14-13(2,3)7-6-12(16)17/h4-5,8,14H,6-7H2,1-3H3,(H,16,17). The quantitative estimate of drug-likeness (QED) is 0.610. The van der Waals surface area contributed by atoms with E-state index in [4.69, 9.17) is 5.11 Å². The van der Waals surface area contributed by atoms with Crippen molar-refractivity contribution in [3.8, 4) is 0 Å². The molecule has 0 bridgehead atoms. The maximum absolute atomic E-state index is 10.7. The molecule has 0 aliphatic heterocycles. The van der Waals surface area contributed by atoms with Crippen LogP contribution in [0.25, 0.3) is 0 Å². The van der Waals surface area contributed by atoms with Crippen molar-refractivity contribution in [3.63, 3.8) is 0 Å². The molecule has 1 rings (SSSR count). The number of nitro benzene ring substituents is 1. The van der Waals surface area contributed by atoms with Crippen LogP contribution >= 0.6 is 0 Å². The van der Waals surface area contributed by atoms with Crippen molar-refractivity contribution in [2.24, 2.45) is 0 Å². The molecule has 0 spiro atoms. The van der Waals surface area contributed by atoms with Gasteiger partial charge in [-0.1, -0.05) is 0 Å². The summed E-state index contributed by atoms with van der Waals surface area (Å²) in [7, 11) is 0. The van der Waals surface area contributed by atoms with Gasteiger partial charge in [0.05, 0.1) is 4.92 Å². The summed E-state index contributed by atoms with van der Waals surface area (Å²) in [6.45, 7) is 5.47. The summed E-state index contributed by atoms with van der Waals surface area (Å²) in [6.07, 6.45) is 0.546. The molecule has 0 saturated carbocycles. The molecule has 2 N–H and O–H groups in total. The molecular weight excluding hydrogens is 248 g/mol. The molecule has 0 aliphatic rings. The Morgan fingerprint density at radius 3 is 2.58 bits per heavy atom. The number of carboxylic acid groups (broad SMARTS) is 1. The smallest absolute Gasteiger partial charge is 0.303 e. The first-order valence-corrected chi connectivity index (χ1v) is 5.96. The van der Waals surface area contributed by atoms with E-state index in [0.717, 1.165) is 5.69 Å². The molecule has 1 aromatic carbocycles. The lowest BCUT2D eigenvalue weighted by Crippen LogP contribution is -2.31. The number of carboxylic acids is 1. The molecule has 0 unspecified atom stereocenters. The van der Waals surface area contributed by atoms with Gasteiger partial charge in [-0.2, -0.15) is 0 Å². The van der Waals surface area contributed by atoms with Crippen molar-refractivity contribution in [2.75, 3.05) is 5.32 Å². The van der Waals surface area contributed by atoms with Gasteiger partial charge in [0.15, 0.2) is 0 Å². The zero-order valence-electron chi connectivity index (χ0n) is 11.3. The first-order chi connectivity index (χ1) is 8.71. The highest BCUT2D eigenvalue weighted by Crippen LogP contribution is 2.25. The van der Waals surface area contributed by atoms with E-state index in [0.29, 0.717) is 12.0 Å². The lowest BCUT2D eigenvalue weighted by molar-refractivity contribution is -0.385. The van der Waals surface area contributed by atoms with Gasteiger partial charge in [0.2, 0.25) is 0 Å². The van der Waals surface area contributed by atoms with E-state index in [9.17, 15) is 14.9 Å². The molecule has 6 nitrogen and oxygen atoms in total. The first-order valence-electron chi connectivity index (χ1n) is 5.96. The van der Waals surface area contributed by atoms with Crippen LogP contribution in [0.4, 0.5) is 11.4 Å². The predicted octanol–water partition coefficient (Wildman–Crippen LogP) is 2.96. The fourth-order valence-electron chi connectivity index (χ4n) is 1.81. The second-order valence-corrected chi connectivity index (χ2v) is 5.16. The van der Waals surface area contributed by atoms with Gasteiger partial charge in [0.25, 0.3) is 5.69 Å². The molecule has 1 aromatic rings. The van der Waals surface area contributed by atoms with Crippen LogP contribution in [0.1, 0.15) is 32.3 Å². The fraction of sp³-hybridized carbons (Fsp3) is 0.462. The second kappa shape index (κ2) is 5.69. The highest BCUT2D eigenvalue weighted by molar-refractivity contribution is 5.67. The van der Waals surface area contributed by atoms with E-state index >= 15 is 0 Å². The van der Waals surface area contributed by atoms with E-state index in [-0.39, 0.29) is 17.6 Å². The van der Waals surface area contributed by atoms with E-state index in [2.05, 4.69) is 5.32 Å². The van der Waals surface area contributed by atoms with Crippen LogP contribution in [0.2, 0.25) is 0 Å². The number of carbonyl (C=O) groups is 1. The van der Waals surface area contributed by atoms with Crippen molar-refractivity contribution in [1.82, 2.24) is 0 Å². The number of rotatable bonds is 6. The Kier molecular flexibility index (Phi) is 4.47. The van der Waals surface area contributed by atoms with Crippen molar-refractivity contribution >= 4 is 17.3 Å². The van der Waals surface area contributed by atoms with E-state index < -0.39 is 10.9 Å². The molecule has 104 valence electrons. The third-order valence-electron chi connectivity index (χ3n) is 2.84. The number of aliphatic carboxylic acids is 1. The molecule has 0 amide bonds. The number of nitrogens with zero attached hydrogens (tertiary/aromatic N) is 1. The lowest BCUT2D eigenvalue weighted by Gasteiger charge is -2.27. The van der Waals surface area contributed by atoms with Gasteiger partial charge in [0, 0.05) is 29.3 Å². The topological polar surface area (TPSA) is 92.5 Å².